The number of urea groups is 1. The third kappa shape index (κ3) is 9.78. The average molecular weight is 795 g/mol. The fraction of sp³-hybridized carbons (Fsp3) is 0.592. The molecule has 1 aromatic heterocycles. The van der Waals surface area contributed by atoms with Gasteiger partial charge in [-0.25, -0.2) is 4.79 Å². The van der Waals surface area contributed by atoms with Crippen molar-refractivity contribution in [2.24, 2.45) is 4.99 Å². The molecule has 58 heavy (non-hydrogen) atoms. The number of aromatic nitrogens is 1. The predicted molar refractivity (Wildman–Crippen MR) is 240 cm³/mol. The largest absolute Gasteiger partial charge is 0.493 e. The Balaban J connectivity index is 0.00000180. The van der Waals surface area contributed by atoms with Gasteiger partial charge in [-0.3, -0.25) is 24.6 Å². The molecule has 2 aromatic carbocycles. The summed E-state index contributed by atoms with van der Waals surface area (Å²) < 4.78 is 6.38. The van der Waals surface area contributed by atoms with E-state index in [1.165, 1.54) is 11.1 Å². The molecule has 0 spiro atoms. The number of nitrogens with one attached hydrogen (secondary N) is 1. The molecular formula is C49H74N6O3. The van der Waals surface area contributed by atoms with Gasteiger partial charge in [0.2, 0.25) is 5.91 Å². The Hall–Kier alpha value is -4.24. The predicted octanol–water partition coefficient (Wildman–Crippen LogP) is 10.0. The molecule has 3 aromatic rings. The number of aryl methyl sites for hydroxylation is 2. The van der Waals surface area contributed by atoms with E-state index in [2.05, 4.69) is 107 Å². The first-order chi connectivity index (χ1) is 27.8. The van der Waals surface area contributed by atoms with Gasteiger partial charge in [-0.05, 0) is 75.1 Å². The summed E-state index contributed by atoms with van der Waals surface area (Å²) in [5.41, 5.74) is 4.32. The van der Waals surface area contributed by atoms with Crippen LogP contribution in [0.4, 0.5) is 4.79 Å². The summed E-state index contributed by atoms with van der Waals surface area (Å²) in [6.07, 6.45) is 8.86. The molecule has 0 radical (unpaired) electrons. The number of aliphatic imine (C=N–C) groups is 1. The molecule has 2 fully saturated rings. The number of carbonyl (C=O) groups excluding carboxylic acids is 2. The van der Waals surface area contributed by atoms with E-state index in [4.69, 9.17) is 14.7 Å². The molecule has 3 aliphatic rings. The molecule has 0 saturated carbocycles. The van der Waals surface area contributed by atoms with Gasteiger partial charge in [-0.1, -0.05) is 124 Å². The molecule has 0 aliphatic carbocycles. The Morgan fingerprint density at radius 3 is 2.02 bits per heavy atom. The van der Waals surface area contributed by atoms with Gasteiger partial charge in [0, 0.05) is 55.6 Å². The maximum absolute atomic E-state index is 15.5. The Labute approximate surface area is 351 Å². The van der Waals surface area contributed by atoms with Crippen LogP contribution >= 0.6 is 0 Å². The van der Waals surface area contributed by atoms with Crippen LogP contribution in [0.15, 0.2) is 65.8 Å². The highest BCUT2D eigenvalue weighted by Gasteiger charge is 2.60. The smallest absolute Gasteiger partial charge is 0.326 e. The molecule has 318 valence electrons. The summed E-state index contributed by atoms with van der Waals surface area (Å²) in [5, 5.41) is 2.95. The second-order valence-corrected chi connectivity index (χ2v) is 16.7. The number of likely N-dealkylation sites (tertiary alicyclic amines) is 1. The Morgan fingerprint density at radius 1 is 0.862 bits per heavy atom. The quantitative estimate of drug-likeness (QED) is 0.209. The number of amidine groups is 1. The van der Waals surface area contributed by atoms with E-state index < -0.39 is 11.1 Å². The van der Waals surface area contributed by atoms with Crippen LogP contribution in [0, 0.1) is 0 Å². The fourth-order valence-electron chi connectivity index (χ4n) is 8.50. The number of nitrogens with zero attached hydrogens (tertiary/aromatic N) is 5. The second-order valence-electron chi connectivity index (χ2n) is 16.7. The minimum absolute atomic E-state index is 0.0747. The number of hydrogen-bond acceptors (Lipinski definition) is 6. The second kappa shape index (κ2) is 20.6. The Kier molecular flexibility index (Phi) is 16.5. The Morgan fingerprint density at radius 2 is 1.47 bits per heavy atom. The maximum atomic E-state index is 15.5. The molecule has 2 atom stereocenters. The van der Waals surface area contributed by atoms with Crippen molar-refractivity contribution in [1.29, 1.82) is 0 Å². The number of unbranched alkanes of at least 4 members (excludes halogenated alkanes) is 1. The number of hydrogen-bond donors (Lipinski definition) is 1. The number of amides is 3. The van der Waals surface area contributed by atoms with Crippen LogP contribution in [0.2, 0.25) is 0 Å². The van der Waals surface area contributed by atoms with Crippen molar-refractivity contribution in [3.8, 4) is 5.75 Å². The number of ether oxygens (including phenoxy) is 1. The van der Waals surface area contributed by atoms with Crippen molar-refractivity contribution in [3.63, 3.8) is 0 Å². The Bertz CT molecular complexity index is 1810. The van der Waals surface area contributed by atoms with Gasteiger partial charge >= 0.3 is 6.03 Å². The van der Waals surface area contributed by atoms with Crippen molar-refractivity contribution >= 4 is 17.8 Å². The van der Waals surface area contributed by atoms with Crippen LogP contribution in [0.25, 0.3) is 0 Å². The van der Waals surface area contributed by atoms with E-state index in [0.29, 0.717) is 49.9 Å². The topological polar surface area (TPSA) is 90.4 Å². The summed E-state index contributed by atoms with van der Waals surface area (Å²) in [6.45, 7) is 28.8. The molecule has 9 nitrogen and oxygen atoms in total. The number of carbonyl (C=O) groups is 2. The van der Waals surface area contributed by atoms with Gasteiger partial charge in [-0.15, -0.1) is 0 Å². The van der Waals surface area contributed by atoms with E-state index in [0.717, 1.165) is 68.3 Å². The van der Waals surface area contributed by atoms with Gasteiger partial charge in [0.05, 0.1) is 18.7 Å². The minimum Gasteiger partial charge on any atom is -0.493 e. The first-order valence-electron chi connectivity index (χ1n) is 22.4. The molecule has 4 heterocycles. The molecule has 3 aliphatic heterocycles. The molecule has 1 N–H and O–H groups in total. The van der Waals surface area contributed by atoms with Crippen LogP contribution in [-0.2, 0) is 34.1 Å². The molecule has 2 saturated heterocycles. The van der Waals surface area contributed by atoms with Crippen LogP contribution in [-0.4, -0.2) is 82.8 Å². The molecule has 0 bridgehead atoms. The van der Waals surface area contributed by atoms with Crippen molar-refractivity contribution in [1.82, 2.24) is 25.0 Å². The van der Waals surface area contributed by atoms with Gasteiger partial charge in [-0.2, -0.15) is 0 Å². The minimum atomic E-state index is -0.914. The van der Waals surface area contributed by atoms with Crippen LogP contribution in [0.1, 0.15) is 149 Å². The van der Waals surface area contributed by atoms with E-state index in [1.807, 2.05) is 56.7 Å². The maximum Gasteiger partial charge on any atom is 0.326 e. The summed E-state index contributed by atoms with van der Waals surface area (Å²) in [6, 6.07) is 20.0. The zero-order valence-electron chi connectivity index (χ0n) is 38.0. The standard InChI is InChI=1S/C45H62N6O3.2C2H6/c1-9-12-14-33-15-19-34(20-16-33)44(7)45(8,35-21-17-32(13-10-2)18-22-35)51(41(48-44)37-30-47-39(43(4,5)6)29-38(37)54-11-3)42(53)49-26-23-36(24-27-49)50-28-25-46-40(52)31-50;2*1-2/h15-22,29-30,36H,9-14,23-28,31H2,1-8H3,(H,46,52);2*1-2H3/t44-,45+;;/m0../s1. The van der Waals surface area contributed by atoms with Crippen molar-refractivity contribution < 1.29 is 14.3 Å². The first-order valence-corrected chi connectivity index (χ1v) is 22.4. The number of piperazine rings is 1. The van der Waals surface area contributed by atoms with Crippen LogP contribution < -0.4 is 10.1 Å². The molecule has 0 unspecified atom stereocenters. The van der Waals surface area contributed by atoms with Gasteiger partial charge < -0.3 is 15.0 Å². The summed E-state index contributed by atoms with van der Waals surface area (Å²) in [4.78, 5) is 44.6. The molecule has 9 heteroatoms. The SMILES string of the molecule is CC.CC.CCCCc1ccc([C@]2(C)N=C(c3cnc(C(C)(C)C)cc3OCC)N(C(=O)N3CCC(N4CCNC(=O)C4)CC3)[C@]2(C)c2ccc(CCC)cc2)cc1. The highest BCUT2D eigenvalue weighted by molar-refractivity contribution is 6.11. The summed E-state index contributed by atoms with van der Waals surface area (Å²) >= 11 is 0. The lowest BCUT2D eigenvalue weighted by molar-refractivity contribution is -0.125. The van der Waals surface area contributed by atoms with E-state index >= 15 is 4.79 Å². The van der Waals surface area contributed by atoms with Crippen molar-refractivity contribution in [2.75, 3.05) is 39.3 Å². The zero-order chi connectivity index (χ0) is 42.7. The monoisotopic (exact) mass is 795 g/mol. The summed E-state index contributed by atoms with van der Waals surface area (Å²) in [7, 11) is 0. The average Bonchev–Trinajstić information content (AvgIpc) is 3.49. The number of benzene rings is 2. The van der Waals surface area contributed by atoms with Gasteiger partial charge in [0.15, 0.2) is 0 Å². The lowest BCUT2D eigenvalue weighted by atomic mass is 9.70. The van der Waals surface area contributed by atoms with Gasteiger partial charge in [0.25, 0.3) is 0 Å². The molecular weight excluding hydrogens is 721 g/mol. The van der Waals surface area contributed by atoms with E-state index in [9.17, 15) is 4.79 Å². The summed E-state index contributed by atoms with van der Waals surface area (Å²) in [5.74, 6) is 1.33. The number of piperidine rings is 1. The number of pyridine rings is 1. The van der Waals surface area contributed by atoms with Crippen LogP contribution in [0.3, 0.4) is 0 Å². The van der Waals surface area contributed by atoms with Crippen molar-refractivity contribution in [2.45, 2.75) is 151 Å². The third-order valence-electron chi connectivity index (χ3n) is 12.0. The number of rotatable bonds is 11. The highest BCUT2D eigenvalue weighted by Crippen LogP contribution is 2.54. The lowest BCUT2D eigenvalue weighted by Gasteiger charge is -2.48. The highest BCUT2D eigenvalue weighted by atomic mass is 16.5. The van der Waals surface area contributed by atoms with E-state index in [1.54, 1.807) is 0 Å². The van der Waals surface area contributed by atoms with Gasteiger partial charge in [0.1, 0.15) is 22.7 Å². The zero-order valence-corrected chi connectivity index (χ0v) is 38.0. The van der Waals surface area contributed by atoms with Crippen LogP contribution in [0.5, 0.6) is 5.75 Å². The normalized spacial score (nSPS) is 21.3. The van der Waals surface area contributed by atoms with E-state index in [-0.39, 0.29) is 23.4 Å². The lowest BCUT2D eigenvalue weighted by Crippen LogP contribution is -2.60. The first kappa shape index (κ1) is 46.4. The molecule has 3 amide bonds. The third-order valence-corrected chi connectivity index (χ3v) is 12.0. The fourth-order valence-corrected chi connectivity index (χ4v) is 8.50. The van der Waals surface area contributed by atoms with Crippen molar-refractivity contribution in [3.05, 3.63) is 94.3 Å². The molecule has 6 rings (SSSR count).